The predicted octanol–water partition coefficient (Wildman–Crippen LogP) is 1.55. The van der Waals surface area contributed by atoms with Crippen LogP contribution in [-0.2, 0) is 20.5 Å². The Morgan fingerprint density at radius 2 is 2.06 bits per heavy atom. The van der Waals surface area contributed by atoms with E-state index in [1.807, 2.05) is 20.8 Å². The molecule has 0 amide bonds. The molecule has 0 aliphatic rings. The molecule has 0 aliphatic heterocycles. The van der Waals surface area contributed by atoms with Crippen LogP contribution in [0.5, 0.6) is 0 Å². The lowest BCUT2D eigenvalue weighted by atomic mass is 10.3. The fourth-order valence-electron chi connectivity index (χ4n) is 0.821. The zero-order valence-electron chi connectivity index (χ0n) is 10.4. The normalized spacial score (nSPS) is 14.0. The largest absolute Gasteiger partial charge is 0.463 e. The lowest BCUT2D eigenvalue weighted by molar-refractivity contribution is -0.137. The average molecular weight is 247 g/mol. The molecule has 4 nitrogen and oxygen atoms in total. The van der Waals surface area contributed by atoms with Gasteiger partial charge >= 0.3 is 5.97 Å². The Morgan fingerprint density at radius 1 is 1.44 bits per heavy atom. The molecule has 0 spiro atoms. The van der Waals surface area contributed by atoms with E-state index in [9.17, 15) is 9.00 Å². The third kappa shape index (κ3) is 7.59. The Hall–Kier alpha value is -0.680. The Balaban J connectivity index is 3.69. The summed E-state index contributed by atoms with van der Waals surface area (Å²) in [6.07, 6.45) is 3.76. The number of carbonyl (C=O) groups is 1. The van der Waals surface area contributed by atoms with Crippen molar-refractivity contribution in [2.24, 2.45) is 0 Å². The molecule has 0 saturated heterocycles. The maximum atomic E-state index is 11.5. The highest BCUT2D eigenvalue weighted by atomic mass is 32.2. The minimum Gasteiger partial charge on any atom is -0.463 e. The lowest BCUT2D eigenvalue weighted by Gasteiger charge is -2.17. The van der Waals surface area contributed by atoms with Crippen LogP contribution in [0.2, 0.25) is 0 Å². The van der Waals surface area contributed by atoms with E-state index in [0.29, 0.717) is 19.6 Å². The minimum absolute atomic E-state index is 0.259. The summed E-state index contributed by atoms with van der Waals surface area (Å²) in [5, 5.41) is 0. The van der Waals surface area contributed by atoms with Crippen molar-refractivity contribution < 1.29 is 13.7 Å². The monoisotopic (exact) mass is 247 g/mol. The second kappa shape index (κ2) is 7.57. The van der Waals surface area contributed by atoms with Crippen LogP contribution in [0.1, 0.15) is 34.1 Å². The van der Waals surface area contributed by atoms with Crippen LogP contribution < -0.4 is 4.72 Å². The fraction of sp³-hybridized carbons (Fsp3) is 0.727. The number of rotatable bonds is 6. The molecule has 16 heavy (non-hydrogen) atoms. The van der Waals surface area contributed by atoms with Gasteiger partial charge in [-0.05, 0) is 34.1 Å². The van der Waals surface area contributed by atoms with Gasteiger partial charge in [0.25, 0.3) is 0 Å². The summed E-state index contributed by atoms with van der Waals surface area (Å²) in [7, 11) is -1.05. The van der Waals surface area contributed by atoms with E-state index in [0.717, 1.165) is 0 Å². The van der Waals surface area contributed by atoms with Gasteiger partial charge in [0.2, 0.25) is 0 Å². The van der Waals surface area contributed by atoms with Gasteiger partial charge in [-0.3, -0.25) is 0 Å². The molecule has 1 atom stereocenters. The van der Waals surface area contributed by atoms with E-state index in [-0.39, 0.29) is 10.7 Å². The first kappa shape index (κ1) is 15.3. The van der Waals surface area contributed by atoms with Crippen molar-refractivity contribution in [3.63, 3.8) is 0 Å². The highest BCUT2D eigenvalue weighted by molar-refractivity contribution is 7.84. The highest BCUT2D eigenvalue weighted by Crippen LogP contribution is 2.08. The second-order valence-corrected chi connectivity index (χ2v) is 6.27. The number of nitrogens with one attached hydrogen (secondary N) is 1. The van der Waals surface area contributed by atoms with Gasteiger partial charge in [-0.2, -0.15) is 0 Å². The van der Waals surface area contributed by atoms with E-state index < -0.39 is 11.0 Å². The first-order chi connectivity index (χ1) is 7.38. The van der Waals surface area contributed by atoms with E-state index in [4.69, 9.17) is 4.74 Å². The summed E-state index contributed by atoms with van der Waals surface area (Å²) in [5.41, 5.74) is 0. The van der Waals surface area contributed by atoms with Crippen LogP contribution in [-0.4, -0.2) is 28.1 Å². The highest BCUT2D eigenvalue weighted by Gasteiger charge is 2.18. The molecule has 0 aromatic heterocycles. The van der Waals surface area contributed by atoms with Gasteiger partial charge in [-0.1, -0.05) is 6.08 Å². The van der Waals surface area contributed by atoms with Crippen molar-refractivity contribution in [3.8, 4) is 0 Å². The first-order valence-electron chi connectivity index (χ1n) is 5.36. The molecule has 5 heteroatoms. The number of hydrogen-bond acceptors (Lipinski definition) is 3. The number of esters is 1. The van der Waals surface area contributed by atoms with E-state index in [1.165, 1.54) is 6.08 Å². The molecule has 0 aliphatic carbocycles. The molecule has 0 heterocycles. The molecule has 0 unspecified atom stereocenters. The van der Waals surface area contributed by atoms with Gasteiger partial charge in [0.1, 0.15) is 0 Å². The second-order valence-electron chi connectivity index (χ2n) is 4.22. The zero-order chi connectivity index (χ0) is 12.6. The van der Waals surface area contributed by atoms with Gasteiger partial charge in [-0.15, -0.1) is 0 Å². The Labute approximate surface area is 100 Å². The molecular weight excluding hydrogens is 226 g/mol. The molecule has 94 valence electrons. The van der Waals surface area contributed by atoms with Gasteiger partial charge < -0.3 is 4.74 Å². The standard InChI is InChI=1S/C11H21NO3S/c1-5-15-10(13)8-6-7-9-12-16(14)11(2,3)4/h6,8,12H,5,7,9H2,1-4H3/b8-6+/t16-/m0/s1. The molecule has 1 N–H and O–H groups in total. The predicted molar refractivity (Wildman–Crippen MR) is 66.3 cm³/mol. The van der Waals surface area contributed by atoms with Crippen LogP contribution in [0, 0.1) is 0 Å². The third-order valence-electron chi connectivity index (χ3n) is 1.64. The Bertz CT molecular complexity index is 269. The van der Waals surface area contributed by atoms with Crippen LogP contribution in [0.3, 0.4) is 0 Å². The average Bonchev–Trinajstić information content (AvgIpc) is 2.16. The van der Waals surface area contributed by atoms with Crippen LogP contribution in [0.4, 0.5) is 0 Å². The van der Waals surface area contributed by atoms with Crippen LogP contribution in [0.15, 0.2) is 12.2 Å². The molecule has 0 radical (unpaired) electrons. The molecule has 0 rings (SSSR count). The van der Waals surface area contributed by atoms with Crippen molar-refractivity contribution in [1.29, 1.82) is 0 Å². The maximum Gasteiger partial charge on any atom is 0.330 e. The Kier molecular flexibility index (Phi) is 7.25. The molecule has 0 aromatic rings. The molecule has 0 aromatic carbocycles. The zero-order valence-corrected chi connectivity index (χ0v) is 11.2. The maximum absolute atomic E-state index is 11.5. The van der Waals surface area contributed by atoms with Crippen LogP contribution in [0.25, 0.3) is 0 Å². The molecule has 0 fully saturated rings. The van der Waals surface area contributed by atoms with E-state index in [2.05, 4.69) is 4.72 Å². The van der Waals surface area contributed by atoms with E-state index >= 15 is 0 Å². The fourth-order valence-corrected chi connectivity index (χ4v) is 1.56. The molecule has 0 bridgehead atoms. The summed E-state index contributed by atoms with van der Waals surface area (Å²) in [5.74, 6) is -0.334. The smallest absolute Gasteiger partial charge is 0.330 e. The lowest BCUT2D eigenvalue weighted by Crippen LogP contribution is -2.33. The summed E-state index contributed by atoms with van der Waals surface area (Å²) in [6, 6.07) is 0. The summed E-state index contributed by atoms with van der Waals surface area (Å²) in [4.78, 5) is 10.9. The third-order valence-corrected chi connectivity index (χ3v) is 3.22. The first-order valence-corrected chi connectivity index (χ1v) is 6.51. The van der Waals surface area contributed by atoms with Gasteiger partial charge in [-0.25, -0.2) is 13.7 Å². The van der Waals surface area contributed by atoms with Crippen molar-refractivity contribution in [2.45, 2.75) is 38.9 Å². The topological polar surface area (TPSA) is 55.4 Å². The summed E-state index contributed by atoms with van der Waals surface area (Å²) < 4.78 is 18.9. The molecular formula is C11H21NO3S. The number of hydrogen-bond donors (Lipinski definition) is 1. The molecule has 0 saturated carbocycles. The quantitative estimate of drug-likeness (QED) is 0.440. The van der Waals surface area contributed by atoms with Crippen molar-refractivity contribution in [2.75, 3.05) is 13.2 Å². The summed E-state index contributed by atoms with van der Waals surface area (Å²) >= 11 is 0. The number of carbonyl (C=O) groups excluding carboxylic acids is 1. The van der Waals surface area contributed by atoms with Gasteiger partial charge in [0.05, 0.1) is 22.3 Å². The van der Waals surface area contributed by atoms with Crippen molar-refractivity contribution in [3.05, 3.63) is 12.2 Å². The SMILES string of the molecule is CCOC(=O)/C=C/CCN[S@@](=O)C(C)(C)C. The van der Waals surface area contributed by atoms with E-state index in [1.54, 1.807) is 13.0 Å². The minimum atomic E-state index is -1.05. The van der Waals surface area contributed by atoms with Crippen molar-refractivity contribution >= 4 is 17.0 Å². The van der Waals surface area contributed by atoms with Crippen molar-refractivity contribution in [1.82, 2.24) is 4.72 Å². The Morgan fingerprint density at radius 3 is 2.56 bits per heavy atom. The number of ether oxygens (including phenoxy) is 1. The van der Waals surface area contributed by atoms with Gasteiger partial charge in [0, 0.05) is 12.6 Å². The summed E-state index contributed by atoms with van der Waals surface area (Å²) in [6.45, 7) is 8.45. The van der Waals surface area contributed by atoms with Crippen LogP contribution >= 0.6 is 0 Å². The van der Waals surface area contributed by atoms with Gasteiger partial charge in [0.15, 0.2) is 0 Å².